The van der Waals surface area contributed by atoms with E-state index in [-0.39, 0.29) is 11.7 Å². The quantitative estimate of drug-likeness (QED) is 0.581. The van der Waals surface area contributed by atoms with Crippen LogP contribution in [0.3, 0.4) is 0 Å². The maximum absolute atomic E-state index is 12.4. The summed E-state index contributed by atoms with van der Waals surface area (Å²) < 4.78 is 1.96. The van der Waals surface area contributed by atoms with Gasteiger partial charge in [-0.05, 0) is 38.8 Å². The van der Waals surface area contributed by atoms with Crippen LogP contribution in [0.4, 0.5) is 5.13 Å². The summed E-state index contributed by atoms with van der Waals surface area (Å²) in [5.41, 5.74) is 2.18. The molecule has 0 unspecified atom stereocenters. The Kier molecular flexibility index (Phi) is 6.25. The molecule has 152 valence electrons. The Morgan fingerprint density at radius 3 is 2.62 bits per heavy atom. The van der Waals surface area contributed by atoms with Crippen LogP contribution in [-0.4, -0.2) is 36.6 Å². The van der Waals surface area contributed by atoms with Gasteiger partial charge in [0.25, 0.3) is 0 Å². The van der Waals surface area contributed by atoms with E-state index in [4.69, 9.17) is 0 Å². The highest BCUT2D eigenvalue weighted by molar-refractivity contribution is 7.99. The van der Waals surface area contributed by atoms with Crippen LogP contribution in [0.25, 0.3) is 5.69 Å². The van der Waals surface area contributed by atoms with Gasteiger partial charge < -0.3 is 0 Å². The molecule has 1 amide bonds. The lowest BCUT2D eigenvalue weighted by Crippen LogP contribution is -2.14. The van der Waals surface area contributed by atoms with Gasteiger partial charge in [0.2, 0.25) is 11.0 Å². The maximum atomic E-state index is 12.4. The van der Waals surface area contributed by atoms with E-state index in [0.29, 0.717) is 16.2 Å². The summed E-state index contributed by atoms with van der Waals surface area (Å²) in [5.74, 6) is 1.41. The fraction of sp³-hybridized carbons (Fsp3) is 0.450. The Bertz CT molecular complexity index is 975. The van der Waals surface area contributed by atoms with Crippen molar-refractivity contribution < 1.29 is 4.79 Å². The molecule has 1 saturated carbocycles. The topological polar surface area (TPSA) is 85.6 Å². The molecule has 0 bridgehead atoms. The van der Waals surface area contributed by atoms with Crippen LogP contribution in [0.15, 0.2) is 29.4 Å². The molecule has 3 aromatic rings. The molecule has 1 aromatic carbocycles. The highest BCUT2D eigenvalue weighted by Gasteiger charge is 2.20. The molecule has 0 spiro atoms. The lowest BCUT2D eigenvalue weighted by atomic mass is 9.90. The van der Waals surface area contributed by atoms with Crippen molar-refractivity contribution in [3.63, 3.8) is 0 Å². The summed E-state index contributed by atoms with van der Waals surface area (Å²) in [6.07, 6.45) is 6.16. The monoisotopic (exact) mass is 428 g/mol. The minimum atomic E-state index is -0.113. The minimum absolute atomic E-state index is 0.113. The van der Waals surface area contributed by atoms with Gasteiger partial charge in [-0.3, -0.25) is 14.7 Å². The van der Waals surface area contributed by atoms with Crippen molar-refractivity contribution in [2.24, 2.45) is 0 Å². The van der Waals surface area contributed by atoms with Gasteiger partial charge in [0.05, 0.1) is 5.75 Å². The normalized spacial score (nSPS) is 14.8. The van der Waals surface area contributed by atoms with Gasteiger partial charge in [-0.25, -0.2) is 0 Å². The van der Waals surface area contributed by atoms with Crippen molar-refractivity contribution in [1.82, 2.24) is 25.0 Å². The molecule has 0 aliphatic heterocycles. The van der Waals surface area contributed by atoms with Gasteiger partial charge in [-0.1, -0.05) is 60.1 Å². The van der Waals surface area contributed by atoms with Crippen LogP contribution in [0.1, 0.15) is 54.4 Å². The molecular formula is C20H24N6OS2. The number of nitrogens with zero attached hydrogens (tertiary/aromatic N) is 5. The highest BCUT2D eigenvalue weighted by atomic mass is 32.2. The van der Waals surface area contributed by atoms with E-state index in [1.54, 1.807) is 0 Å². The van der Waals surface area contributed by atoms with Gasteiger partial charge in [0.15, 0.2) is 5.16 Å². The number of rotatable bonds is 6. The predicted octanol–water partition coefficient (Wildman–Crippen LogP) is 4.51. The van der Waals surface area contributed by atoms with Crippen molar-refractivity contribution in [2.45, 2.75) is 57.0 Å². The van der Waals surface area contributed by atoms with E-state index in [1.165, 1.54) is 60.8 Å². The molecule has 29 heavy (non-hydrogen) atoms. The molecule has 1 aliphatic carbocycles. The van der Waals surface area contributed by atoms with Crippen molar-refractivity contribution >= 4 is 34.1 Å². The van der Waals surface area contributed by atoms with E-state index < -0.39 is 0 Å². The van der Waals surface area contributed by atoms with Gasteiger partial charge in [-0.15, -0.1) is 20.4 Å². The third-order valence-corrected chi connectivity index (χ3v) is 6.99. The SMILES string of the molecule is Cc1ccc(-n2c(C)nnc2SCC(=O)Nc2nnc(C3CCCCC3)s2)cc1. The predicted molar refractivity (Wildman–Crippen MR) is 116 cm³/mol. The van der Waals surface area contributed by atoms with Crippen LogP contribution in [0, 0.1) is 13.8 Å². The number of hydrogen-bond donors (Lipinski definition) is 1. The van der Waals surface area contributed by atoms with E-state index >= 15 is 0 Å². The number of benzene rings is 1. The van der Waals surface area contributed by atoms with Crippen LogP contribution in [0.5, 0.6) is 0 Å². The summed E-state index contributed by atoms with van der Waals surface area (Å²) in [5, 5.41) is 22.0. The molecule has 2 aromatic heterocycles. The van der Waals surface area contributed by atoms with Crippen molar-refractivity contribution in [2.75, 3.05) is 11.1 Å². The molecule has 7 nitrogen and oxygen atoms in total. The van der Waals surface area contributed by atoms with E-state index in [9.17, 15) is 4.79 Å². The Balaban J connectivity index is 1.37. The number of aryl methyl sites for hydroxylation is 2. The smallest absolute Gasteiger partial charge is 0.236 e. The van der Waals surface area contributed by atoms with Crippen LogP contribution < -0.4 is 5.32 Å². The fourth-order valence-corrected chi connectivity index (χ4v) is 5.24. The highest BCUT2D eigenvalue weighted by Crippen LogP contribution is 2.35. The van der Waals surface area contributed by atoms with Crippen LogP contribution in [-0.2, 0) is 4.79 Å². The van der Waals surface area contributed by atoms with Gasteiger partial charge in [0.1, 0.15) is 10.8 Å². The largest absolute Gasteiger partial charge is 0.300 e. The third kappa shape index (κ3) is 4.84. The Labute approximate surface area is 178 Å². The van der Waals surface area contributed by atoms with Gasteiger partial charge in [0, 0.05) is 11.6 Å². The van der Waals surface area contributed by atoms with Crippen LogP contribution in [0.2, 0.25) is 0 Å². The summed E-state index contributed by atoms with van der Waals surface area (Å²) in [6.45, 7) is 3.96. The molecule has 4 rings (SSSR count). The number of hydrogen-bond acceptors (Lipinski definition) is 7. The first kappa shape index (κ1) is 20.0. The standard InChI is InChI=1S/C20H24N6OS2/c1-13-8-10-16(11-9-13)26-14(2)22-25-20(26)28-12-17(27)21-19-24-23-18(29-19)15-6-4-3-5-7-15/h8-11,15H,3-7,12H2,1-2H3,(H,21,24,27). The number of anilines is 1. The number of nitrogens with one attached hydrogen (secondary N) is 1. The summed E-state index contributed by atoms with van der Waals surface area (Å²) in [4.78, 5) is 12.4. The second-order valence-corrected chi connectivity index (χ2v) is 9.27. The average molecular weight is 429 g/mol. The van der Waals surface area contributed by atoms with E-state index in [2.05, 4.69) is 44.8 Å². The van der Waals surface area contributed by atoms with Gasteiger partial charge >= 0.3 is 0 Å². The zero-order valence-electron chi connectivity index (χ0n) is 16.6. The Hall–Kier alpha value is -2.26. The summed E-state index contributed by atoms with van der Waals surface area (Å²) in [7, 11) is 0. The number of aromatic nitrogens is 5. The second kappa shape index (κ2) is 9.04. The molecule has 0 saturated heterocycles. The minimum Gasteiger partial charge on any atom is -0.300 e. The molecule has 1 aliphatic rings. The number of thioether (sulfide) groups is 1. The molecule has 1 N–H and O–H groups in total. The van der Waals surface area contributed by atoms with Gasteiger partial charge in [-0.2, -0.15) is 0 Å². The fourth-order valence-electron chi connectivity index (χ4n) is 3.51. The molecule has 0 atom stereocenters. The summed E-state index contributed by atoms with van der Waals surface area (Å²) >= 11 is 2.86. The first-order chi connectivity index (χ1) is 14.1. The first-order valence-electron chi connectivity index (χ1n) is 9.85. The number of carbonyl (C=O) groups is 1. The Morgan fingerprint density at radius 2 is 1.86 bits per heavy atom. The molecular weight excluding hydrogens is 404 g/mol. The first-order valence-corrected chi connectivity index (χ1v) is 11.7. The van der Waals surface area contributed by atoms with E-state index in [0.717, 1.165) is 16.5 Å². The zero-order valence-corrected chi connectivity index (χ0v) is 18.2. The molecule has 2 heterocycles. The zero-order chi connectivity index (χ0) is 20.2. The van der Waals surface area contributed by atoms with E-state index in [1.807, 2.05) is 23.6 Å². The van der Waals surface area contributed by atoms with Crippen molar-refractivity contribution in [3.05, 3.63) is 40.7 Å². The lowest BCUT2D eigenvalue weighted by molar-refractivity contribution is -0.113. The lowest BCUT2D eigenvalue weighted by Gasteiger charge is -2.18. The third-order valence-electron chi connectivity index (χ3n) is 5.06. The van der Waals surface area contributed by atoms with Crippen molar-refractivity contribution in [1.29, 1.82) is 0 Å². The number of amides is 1. The van der Waals surface area contributed by atoms with Crippen LogP contribution >= 0.6 is 23.1 Å². The Morgan fingerprint density at radius 1 is 1.10 bits per heavy atom. The average Bonchev–Trinajstić information content (AvgIpc) is 3.34. The van der Waals surface area contributed by atoms with Crippen molar-refractivity contribution in [3.8, 4) is 5.69 Å². The maximum Gasteiger partial charge on any atom is 0.236 e. The molecule has 1 fully saturated rings. The number of carbonyl (C=O) groups excluding carboxylic acids is 1. The molecule has 0 radical (unpaired) electrons. The molecule has 9 heteroatoms. The second-order valence-electron chi connectivity index (χ2n) is 7.32. The summed E-state index contributed by atoms with van der Waals surface area (Å²) in [6, 6.07) is 8.16.